The van der Waals surface area contributed by atoms with Gasteiger partial charge in [-0.2, -0.15) is 13.2 Å². The van der Waals surface area contributed by atoms with Crippen molar-refractivity contribution in [3.05, 3.63) is 0 Å². The predicted molar refractivity (Wildman–Crippen MR) is 49.3 cm³/mol. The minimum absolute atomic E-state index is 0.200. The van der Waals surface area contributed by atoms with E-state index in [0.29, 0.717) is 6.42 Å². The van der Waals surface area contributed by atoms with Crippen LogP contribution in [0.2, 0.25) is 0 Å². The van der Waals surface area contributed by atoms with E-state index in [1.165, 1.54) is 0 Å². The lowest BCUT2D eigenvalue weighted by molar-refractivity contribution is -0.174. The highest BCUT2D eigenvalue weighted by atomic mass is 19.4. The standard InChI is InChI=1S/C9H18F3NO/c1-2-13-6-4-3-5-7-14-8-9(10,11)12/h13H,2-8H2,1H3. The van der Waals surface area contributed by atoms with Crippen molar-refractivity contribution in [3.8, 4) is 0 Å². The van der Waals surface area contributed by atoms with Gasteiger partial charge in [-0.3, -0.25) is 0 Å². The summed E-state index contributed by atoms with van der Waals surface area (Å²) in [6.07, 6.45) is -1.60. The Hall–Kier alpha value is -0.290. The van der Waals surface area contributed by atoms with E-state index in [1.807, 2.05) is 6.92 Å². The van der Waals surface area contributed by atoms with Gasteiger partial charge in [0, 0.05) is 6.61 Å². The molecule has 86 valence electrons. The van der Waals surface area contributed by atoms with E-state index in [-0.39, 0.29) is 6.61 Å². The average molecular weight is 213 g/mol. The Bertz CT molecular complexity index is 128. The van der Waals surface area contributed by atoms with Crippen LogP contribution in [0.4, 0.5) is 13.2 Å². The second-order valence-electron chi connectivity index (χ2n) is 3.08. The molecule has 5 heteroatoms. The van der Waals surface area contributed by atoms with Crippen LogP contribution in [0.5, 0.6) is 0 Å². The molecule has 0 aromatic heterocycles. The van der Waals surface area contributed by atoms with Gasteiger partial charge in [0.15, 0.2) is 0 Å². The summed E-state index contributed by atoms with van der Waals surface area (Å²) in [5.41, 5.74) is 0. The third-order valence-electron chi connectivity index (χ3n) is 1.66. The molecule has 0 heterocycles. The van der Waals surface area contributed by atoms with Gasteiger partial charge < -0.3 is 10.1 Å². The van der Waals surface area contributed by atoms with Gasteiger partial charge in [0.1, 0.15) is 6.61 Å². The molecule has 2 nitrogen and oxygen atoms in total. The first-order valence-electron chi connectivity index (χ1n) is 4.91. The van der Waals surface area contributed by atoms with Crippen molar-refractivity contribution in [1.29, 1.82) is 0 Å². The molecular formula is C9H18F3NO. The third-order valence-corrected chi connectivity index (χ3v) is 1.66. The smallest absolute Gasteiger partial charge is 0.372 e. The Morgan fingerprint density at radius 2 is 1.86 bits per heavy atom. The topological polar surface area (TPSA) is 21.3 Å². The van der Waals surface area contributed by atoms with Gasteiger partial charge in [-0.25, -0.2) is 0 Å². The molecule has 0 radical (unpaired) electrons. The molecule has 0 unspecified atom stereocenters. The van der Waals surface area contributed by atoms with E-state index in [0.717, 1.165) is 25.9 Å². The zero-order chi connectivity index (χ0) is 10.9. The number of unbranched alkanes of at least 4 members (excludes halogenated alkanes) is 2. The second-order valence-corrected chi connectivity index (χ2v) is 3.08. The molecule has 0 spiro atoms. The predicted octanol–water partition coefficient (Wildman–Crippen LogP) is 2.35. The summed E-state index contributed by atoms with van der Waals surface area (Å²) in [5.74, 6) is 0. The summed E-state index contributed by atoms with van der Waals surface area (Å²) in [6, 6.07) is 0. The molecule has 14 heavy (non-hydrogen) atoms. The summed E-state index contributed by atoms with van der Waals surface area (Å²) >= 11 is 0. The summed E-state index contributed by atoms with van der Waals surface area (Å²) in [6.45, 7) is 2.96. The molecular weight excluding hydrogens is 195 g/mol. The first-order valence-corrected chi connectivity index (χ1v) is 4.91. The van der Waals surface area contributed by atoms with Crippen molar-refractivity contribution in [3.63, 3.8) is 0 Å². The van der Waals surface area contributed by atoms with E-state index >= 15 is 0 Å². The molecule has 0 aromatic carbocycles. The van der Waals surface area contributed by atoms with E-state index in [2.05, 4.69) is 10.1 Å². The quantitative estimate of drug-likeness (QED) is 0.625. The lowest BCUT2D eigenvalue weighted by Gasteiger charge is -2.07. The first-order chi connectivity index (χ1) is 6.56. The Morgan fingerprint density at radius 3 is 2.43 bits per heavy atom. The maximum absolute atomic E-state index is 11.6. The van der Waals surface area contributed by atoms with Gasteiger partial charge in [0.25, 0.3) is 0 Å². The van der Waals surface area contributed by atoms with Crippen molar-refractivity contribution in [2.45, 2.75) is 32.4 Å². The number of alkyl halides is 3. The molecule has 0 bridgehead atoms. The van der Waals surface area contributed by atoms with E-state index in [1.54, 1.807) is 0 Å². The van der Waals surface area contributed by atoms with Crippen LogP contribution >= 0.6 is 0 Å². The van der Waals surface area contributed by atoms with Crippen LogP contribution in [0.15, 0.2) is 0 Å². The highest BCUT2D eigenvalue weighted by molar-refractivity contribution is 4.48. The Labute approximate surface area is 82.8 Å². The van der Waals surface area contributed by atoms with Crippen LogP contribution in [0, 0.1) is 0 Å². The van der Waals surface area contributed by atoms with Gasteiger partial charge >= 0.3 is 6.18 Å². The van der Waals surface area contributed by atoms with Crippen LogP contribution < -0.4 is 5.32 Å². The third kappa shape index (κ3) is 11.7. The molecule has 0 saturated heterocycles. The molecule has 0 saturated carbocycles. The zero-order valence-electron chi connectivity index (χ0n) is 8.49. The number of nitrogens with one attached hydrogen (secondary N) is 1. The Kier molecular flexibility index (Phi) is 7.89. The minimum Gasteiger partial charge on any atom is -0.372 e. The molecule has 0 rings (SSSR count). The van der Waals surface area contributed by atoms with Crippen molar-refractivity contribution < 1.29 is 17.9 Å². The summed E-state index contributed by atoms with van der Waals surface area (Å²) in [5, 5.41) is 3.14. The van der Waals surface area contributed by atoms with Gasteiger partial charge in [-0.05, 0) is 32.4 Å². The molecule has 1 N–H and O–H groups in total. The summed E-state index contributed by atoms with van der Waals surface area (Å²) < 4.78 is 39.2. The van der Waals surface area contributed by atoms with Crippen molar-refractivity contribution in [2.75, 3.05) is 26.3 Å². The van der Waals surface area contributed by atoms with Gasteiger partial charge in [-0.15, -0.1) is 0 Å². The van der Waals surface area contributed by atoms with Gasteiger partial charge in [0.2, 0.25) is 0 Å². The Balaban J connectivity index is 2.99. The maximum Gasteiger partial charge on any atom is 0.411 e. The lowest BCUT2D eigenvalue weighted by atomic mass is 10.2. The number of halogens is 3. The van der Waals surface area contributed by atoms with Crippen LogP contribution in [0.3, 0.4) is 0 Å². The average Bonchev–Trinajstić information content (AvgIpc) is 2.08. The van der Waals surface area contributed by atoms with E-state index in [4.69, 9.17) is 0 Å². The van der Waals surface area contributed by atoms with Crippen LogP contribution in [0.1, 0.15) is 26.2 Å². The minimum atomic E-state index is -4.19. The number of hydrogen-bond donors (Lipinski definition) is 1. The van der Waals surface area contributed by atoms with Crippen molar-refractivity contribution in [1.82, 2.24) is 5.32 Å². The fourth-order valence-electron chi connectivity index (χ4n) is 0.996. The normalized spacial score (nSPS) is 12.0. The van der Waals surface area contributed by atoms with Gasteiger partial charge in [0.05, 0.1) is 0 Å². The molecule has 0 aliphatic heterocycles. The fraction of sp³-hybridized carbons (Fsp3) is 1.00. The van der Waals surface area contributed by atoms with Gasteiger partial charge in [-0.1, -0.05) is 6.92 Å². The summed E-state index contributed by atoms with van der Waals surface area (Å²) in [4.78, 5) is 0. The van der Waals surface area contributed by atoms with Crippen LogP contribution in [-0.4, -0.2) is 32.5 Å². The van der Waals surface area contributed by atoms with E-state index < -0.39 is 12.8 Å². The number of ether oxygens (including phenoxy) is 1. The number of hydrogen-bond acceptors (Lipinski definition) is 2. The molecule has 0 aliphatic rings. The van der Waals surface area contributed by atoms with Crippen LogP contribution in [-0.2, 0) is 4.74 Å². The SMILES string of the molecule is CCNCCCCCOCC(F)(F)F. The lowest BCUT2D eigenvalue weighted by Crippen LogP contribution is -2.17. The largest absolute Gasteiger partial charge is 0.411 e. The second kappa shape index (κ2) is 8.05. The fourth-order valence-corrected chi connectivity index (χ4v) is 0.996. The zero-order valence-corrected chi connectivity index (χ0v) is 8.49. The molecule has 0 fully saturated rings. The van der Waals surface area contributed by atoms with E-state index in [9.17, 15) is 13.2 Å². The summed E-state index contributed by atoms with van der Waals surface area (Å²) in [7, 11) is 0. The maximum atomic E-state index is 11.6. The monoisotopic (exact) mass is 213 g/mol. The first kappa shape index (κ1) is 13.7. The molecule has 0 amide bonds. The Morgan fingerprint density at radius 1 is 1.14 bits per heavy atom. The molecule has 0 atom stereocenters. The molecule has 0 aromatic rings. The molecule has 0 aliphatic carbocycles. The van der Waals surface area contributed by atoms with Crippen molar-refractivity contribution in [2.24, 2.45) is 0 Å². The van der Waals surface area contributed by atoms with Crippen LogP contribution in [0.25, 0.3) is 0 Å². The van der Waals surface area contributed by atoms with Crippen molar-refractivity contribution >= 4 is 0 Å². The highest BCUT2D eigenvalue weighted by Crippen LogP contribution is 2.14. The highest BCUT2D eigenvalue weighted by Gasteiger charge is 2.26. The number of rotatable bonds is 8.